The molecule has 1 rings (SSSR count). The molecule has 0 aromatic rings. The van der Waals surface area contributed by atoms with E-state index in [1.54, 1.807) is 0 Å². The van der Waals surface area contributed by atoms with Gasteiger partial charge < -0.3 is 4.43 Å². The Morgan fingerprint density at radius 1 is 1.39 bits per heavy atom. The molecule has 0 saturated heterocycles. The van der Waals surface area contributed by atoms with E-state index in [1.807, 2.05) is 6.92 Å². The van der Waals surface area contributed by atoms with E-state index < -0.39 is 8.32 Å². The highest BCUT2D eigenvalue weighted by Crippen LogP contribution is 2.37. The normalized spacial score (nSPS) is 22.7. The van der Waals surface area contributed by atoms with Gasteiger partial charge in [0.1, 0.15) is 0 Å². The van der Waals surface area contributed by atoms with Gasteiger partial charge in [0, 0.05) is 0 Å². The van der Waals surface area contributed by atoms with Gasteiger partial charge in [-0.15, -0.1) is 0 Å². The Kier molecular flexibility index (Phi) is 4.82. The fraction of sp³-hybridized carbons (Fsp3) is 0.800. The second-order valence-electron chi connectivity index (χ2n) is 6.99. The summed E-state index contributed by atoms with van der Waals surface area (Å²) in [6.45, 7) is 12.8. The molecule has 0 fully saturated rings. The predicted molar refractivity (Wildman–Crippen MR) is 78.9 cm³/mol. The van der Waals surface area contributed by atoms with Crippen molar-refractivity contribution in [1.82, 2.24) is 0 Å². The summed E-state index contributed by atoms with van der Waals surface area (Å²) in [6, 6.07) is 0. The van der Waals surface area contributed by atoms with Crippen LogP contribution >= 0.6 is 0 Å². The fourth-order valence-corrected chi connectivity index (χ4v) is 2.92. The lowest BCUT2D eigenvalue weighted by Crippen LogP contribution is -2.44. The van der Waals surface area contributed by atoms with Crippen LogP contribution < -0.4 is 0 Å². The van der Waals surface area contributed by atoms with E-state index in [9.17, 15) is 4.79 Å². The third kappa shape index (κ3) is 3.71. The molecule has 0 amide bonds. The molecule has 0 bridgehead atoms. The SMILES string of the molecule is C[C@H](C(=O)O[Si](C)(C)C(C)(C)C)[C@H]1C=CCCC1. The van der Waals surface area contributed by atoms with Crippen LogP contribution in [0.25, 0.3) is 0 Å². The summed E-state index contributed by atoms with van der Waals surface area (Å²) in [7, 11) is -1.97. The lowest BCUT2D eigenvalue weighted by molar-refractivity contribution is -0.140. The summed E-state index contributed by atoms with van der Waals surface area (Å²) in [5.74, 6) is 0.366. The largest absolute Gasteiger partial charge is 0.519 e. The van der Waals surface area contributed by atoms with Gasteiger partial charge in [0.05, 0.1) is 5.92 Å². The van der Waals surface area contributed by atoms with Gasteiger partial charge in [-0.3, -0.25) is 4.79 Å². The Bertz CT molecular complexity index is 326. The summed E-state index contributed by atoms with van der Waals surface area (Å²) >= 11 is 0. The second kappa shape index (κ2) is 5.60. The fourth-order valence-electron chi connectivity index (χ4n) is 1.93. The highest BCUT2D eigenvalue weighted by molar-refractivity contribution is 6.75. The van der Waals surface area contributed by atoms with Gasteiger partial charge in [-0.1, -0.05) is 39.8 Å². The molecule has 104 valence electrons. The maximum Gasteiger partial charge on any atom is 0.295 e. The second-order valence-corrected chi connectivity index (χ2v) is 11.7. The number of carbonyl (C=O) groups is 1. The first-order valence-electron chi connectivity index (χ1n) is 7.04. The van der Waals surface area contributed by atoms with Crippen LogP contribution in [0.2, 0.25) is 18.1 Å². The van der Waals surface area contributed by atoms with Crippen molar-refractivity contribution in [3.8, 4) is 0 Å². The summed E-state index contributed by atoms with van der Waals surface area (Å²) in [5, 5.41) is 0.0881. The first-order valence-corrected chi connectivity index (χ1v) is 9.95. The van der Waals surface area contributed by atoms with E-state index in [4.69, 9.17) is 4.43 Å². The Hall–Kier alpha value is -0.573. The van der Waals surface area contributed by atoms with Crippen LogP contribution in [0.15, 0.2) is 12.2 Å². The van der Waals surface area contributed by atoms with E-state index in [1.165, 1.54) is 6.42 Å². The molecule has 18 heavy (non-hydrogen) atoms. The quantitative estimate of drug-likeness (QED) is 0.555. The van der Waals surface area contributed by atoms with Gasteiger partial charge in [-0.05, 0) is 43.3 Å². The lowest BCUT2D eigenvalue weighted by atomic mass is 9.86. The Labute approximate surface area is 113 Å². The van der Waals surface area contributed by atoms with Crippen molar-refractivity contribution in [2.75, 3.05) is 0 Å². The Morgan fingerprint density at radius 3 is 2.44 bits per heavy atom. The zero-order chi connectivity index (χ0) is 14.0. The summed E-state index contributed by atoms with van der Waals surface area (Å²) in [6.07, 6.45) is 7.86. The average Bonchev–Trinajstić information content (AvgIpc) is 2.27. The van der Waals surface area contributed by atoms with E-state index in [-0.39, 0.29) is 16.9 Å². The maximum atomic E-state index is 12.3. The van der Waals surface area contributed by atoms with Crippen molar-refractivity contribution in [2.24, 2.45) is 11.8 Å². The van der Waals surface area contributed by atoms with Gasteiger partial charge in [-0.25, -0.2) is 0 Å². The van der Waals surface area contributed by atoms with Crippen molar-refractivity contribution in [1.29, 1.82) is 0 Å². The van der Waals surface area contributed by atoms with Crippen molar-refractivity contribution >= 4 is 14.3 Å². The zero-order valence-corrected chi connectivity index (χ0v) is 13.7. The number of hydrogen-bond donors (Lipinski definition) is 0. The summed E-state index contributed by atoms with van der Waals surface area (Å²) < 4.78 is 5.88. The molecule has 0 N–H and O–H groups in total. The molecule has 0 unspecified atom stereocenters. The van der Waals surface area contributed by atoms with Crippen LogP contribution in [-0.4, -0.2) is 14.3 Å². The number of hydrogen-bond acceptors (Lipinski definition) is 2. The summed E-state index contributed by atoms with van der Waals surface area (Å²) in [4.78, 5) is 12.3. The molecule has 0 heterocycles. The smallest absolute Gasteiger partial charge is 0.295 e. The number of allylic oxidation sites excluding steroid dienone is 2. The molecule has 3 heteroatoms. The standard InChI is InChI=1S/C15H28O2Si/c1-12(13-10-8-7-9-11-13)14(16)17-18(5,6)15(2,3)4/h8,10,12-13H,7,9,11H2,1-6H3/t12-,13-/m0/s1. The van der Waals surface area contributed by atoms with Gasteiger partial charge in [0.15, 0.2) is 0 Å². The van der Waals surface area contributed by atoms with Gasteiger partial charge >= 0.3 is 0 Å². The Balaban J connectivity index is 2.65. The van der Waals surface area contributed by atoms with Crippen LogP contribution in [0.4, 0.5) is 0 Å². The molecule has 2 nitrogen and oxygen atoms in total. The van der Waals surface area contributed by atoms with Crippen molar-refractivity contribution in [3.05, 3.63) is 12.2 Å². The number of carbonyl (C=O) groups excluding carboxylic acids is 1. The van der Waals surface area contributed by atoms with Gasteiger partial charge in [-0.2, -0.15) is 0 Å². The van der Waals surface area contributed by atoms with E-state index in [2.05, 4.69) is 46.0 Å². The van der Waals surface area contributed by atoms with Crippen molar-refractivity contribution < 1.29 is 9.22 Å². The molecular formula is C15H28O2Si. The maximum absolute atomic E-state index is 12.3. The number of rotatable bonds is 3. The van der Waals surface area contributed by atoms with Crippen LogP contribution in [0.5, 0.6) is 0 Å². The molecule has 0 aliphatic heterocycles. The first kappa shape index (κ1) is 15.5. The minimum Gasteiger partial charge on any atom is -0.519 e. The van der Waals surface area contributed by atoms with Gasteiger partial charge in [0.25, 0.3) is 14.3 Å². The third-order valence-electron chi connectivity index (χ3n) is 4.47. The van der Waals surface area contributed by atoms with Crippen LogP contribution in [-0.2, 0) is 9.22 Å². The summed E-state index contributed by atoms with van der Waals surface area (Å²) in [5.41, 5.74) is 0. The molecular weight excluding hydrogens is 240 g/mol. The predicted octanol–water partition coefficient (Wildman–Crippen LogP) is 4.53. The van der Waals surface area contributed by atoms with Gasteiger partial charge in [0.2, 0.25) is 0 Å². The molecule has 0 aromatic heterocycles. The van der Waals surface area contributed by atoms with Crippen LogP contribution in [0.1, 0.15) is 47.0 Å². The molecule has 2 atom stereocenters. The van der Waals surface area contributed by atoms with Crippen LogP contribution in [0, 0.1) is 11.8 Å². The average molecular weight is 268 g/mol. The molecule has 1 aliphatic carbocycles. The highest BCUT2D eigenvalue weighted by Gasteiger charge is 2.41. The van der Waals surface area contributed by atoms with Crippen LogP contribution in [0.3, 0.4) is 0 Å². The Morgan fingerprint density at radius 2 is 2.00 bits per heavy atom. The van der Waals surface area contributed by atoms with E-state index in [0.29, 0.717) is 5.92 Å². The molecule has 0 aromatic carbocycles. The van der Waals surface area contributed by atoms with E-state index >= 15 is 0 Å². The third-order valence-corrected chi connectivity index (χ3v) is 8.79. The molecule has 0 saturated carbocycles. The lowest BCUT2D eigenvalue weighted by Gasteiger charge is -2.37. The monoisotopic (exact) mass is 268 g/mol. The first-order chi connectivity index (χ1) is 8.15. The molecule has 1 aliphatic rings. The minimum atomic E-state index is -1.97. The topological polar surface area (TPSA) is 26.3 Å². The van der Waals surface area contributed by atoms with Crippen molar-refractivity contribution in [2.45, 2.75) is 65.1 Å². The van der Waals surface area contributed by atoms with Crippen molar-refractivity contribution in [3.63, 3.8) is 0 Å². The zero-order valence-electron chi connectivity index (χ0n) is 12.7. The highest BCUT2D eigenvalue weighted by atomic mass is 28.4. The molecule has 0 radical (unpaired) electrons. The molecule has 0 spiro atoms. The minimum absolute atomic E-state index is 0.00172. The van der Waals surface area contributed by atoms with E-state index in [0.717, 1.165) is 12.8 Å².